The summed E-state index contributed by atoms with van der Waals surface area (Å²) in [5.41, 5.74) is 3.00. The fourth-order valence-corrected chi connectivity index (χ4v) is 5.34. The number of rotatable bonds is 3. The molecule has 1 N–H and O–H groups in total. The number of hydrogen-bond donors (Lipinski definition) is 1. The molecule has 2 saturated heterocycles. The van der Waals surface area contributed by atoms with E-state index in [2.05, 4.69) is 76.4 Å². The van der Waals surface area contributed by atoms with Crippen molar-refractivity contribution in [2.75, 3.05) is 0 Å². The molecule has 3 nitrogen and oxygen atoms in total. The maximum atomic E-state index is 10.5. The van der Waals surface area contributed by atoms with E-state index in [1.165, 1.54) is 0 Å². The van der Waals surface area contributed by atoms with Crippen molar-refractivity contribution in [3.63, 3.8) is 0 Å². The predicted octanol–water partition coefficient (Wildman–Crippen LogP) is 4.43. The minimum absolute atomic E-state index is 0.0324. The molecule has 0 aromatic carbocycles. The quantitative estimate of drug-likeness (QED) is 0.405. The highest BCUT2D eigenvalue weighted by Gasteiger charge is 2.47. The van der Waals surface area contributed by atoms with Crippen LogP contribution in [-0.4, -0.2) is 50.1 Å². The molecule has 0 aromatic rings. The second-order valence-corrected chi connectivity index (χ2v) is 9.51. The second-order valence-electron chi connectivity index (χ2n) is 5.64. The maximum absolute atomic E-state index is 10.5. The molecule has 2 aliphatic heterocycles. The first-order valence-electron chi connectivity index (χ1n) is 7.40. The zero-order valence-corrected chi connectivity index (χ0v) is 18.5. The average Bonchev–Trinajstić information content (AvgIpc) is 2.91. The lowest BCUT2D eigenvalue weighted by Crippen LogP contribution is -2.49. The molecule has 8 atom stereocenters. The van der Waals surface area contributed by atoms with Crippen molar-refractivity contribution in [1.82, 2.24) is 0 Å². The molecule has 0 radical (unpaired) electrons. The van der Waals surface area contributed by atoms with E-state index in [9.17, 15) is 5.11 Å². The normalized spacial score (nSPS) is 43.5. The van der Waals surface area contributed by atoms with Gasteiger partial charge in [0.15, 0.2) is 0 Å². The number of aliphatic hydroxyl groups is 1. The molecule has 0 amide bonds. The highest BCUT2D eigenvalue weighted by Crippen LogP contribution is 2.38. The summed E-state index contributed by atoms with van der Waals surface area (Å²) in [5, 5.41) is 10.5. The highest BCUT2D eigenvalue weighted by molar-refractivity contribution is 9.11. The molecule has 8 unspecified atom stereocenters. The van der Waals surface area contributed by atoms with Crippen LogP contribution in [0.25, 0.3) is 0 Å². The third-order valence-corrected chi connectivity index (χ3v) is 7.60. The third kappa shape index (κ3) is 4.69. The molecule has 2 rings (SSSR count). The van der Waals surface area contributed by atoms with E-state index < -0.39 is 6.10 Å². The standard InChI is InChI=1S/C15H20Br4O3/c1-2-9(17)11-7-10(18)14(20)13(19)15-12(22-11)6-8(21-15)4-3-5-16/h4-5,8-15,20H,2,6-7H2,1H3. The molecule has 0 spiro atoms. The van der Waals surface area contributed by atoms with Crippen LogP contribution >= 0.6 is 63.7 Å². The number of halogens is 4. The van der Waals surface area contributed by atoms with Gasteiger partial charge in [0.2, 0.25) is 0 Å². The molecule has 0 saturated carbocycles. The van der Waals surface area contributed by atoms with Crippen LogP contribution in [0.4, 0.5) is 0 Å². The maximum Gasteiger partial charge on any atom is 0.0996 e. The van der Waals surface area contributed by atoms with Crippen molar-refractivity contribution < 1.29 is 14.6 Å². The Morgan fingerprint density at radius 2 is 2.05 bits per heavy atom. The van der Waals surface area contributed by atoms with Crippen LogP contribution in [0.15, 0.2) is 16.8 Å². The van der Waals surface area contributed by atoms with Crippen molar-refractivity contribution >= 4 is 63.7 Å². The average molecular weight is 568 g/mol. The van der Waals surface area contributed by atoms with E-state index in [1.807, 2.05) is 6.08 Å². The first kappa shape index (κ1) is 19.6. The Hall–Kier alpha value is 1.32. The van der Waals surface area contributed by atoms with Crippen LogP contribution in [0.5, 0.6) is 0 Å². The first-order valence-corrected chi connectivity index (χ1v) is 11.1. The summed E-state index contributed by atoms with van der Waals surface area (Å²) < 4.78 is 12.4. The number of fused-ring (bicyclic) bond motifs is 1. The topological polar surface area (TPSA) is 38.7 Å². The molecule has 0 bridgehead atoms. The van der Waals surface area contributed by atoms with Crippen molar-refractivity contribution in [3.05, 3.63) is 16.8 Å². The molecule has 2 heterocycles. The lowest BCUT2D eigenvalue weighted by molar-refractivity contribution is -0.0816. The second kappa shape index (κ2) is 9.14. The Morgan fingerprint density at radius 3 is 2.68 bits per heavy atom. The summed E-state index contributed by atoms with van der Waals surface area (Å²) in [6.45, 7) is 2.13. The molecule has 2 fully saturated rings. The summed E-state index contributed by atoms with van der Waals surface area (Å²) >= 11 is 14.1. The van der Waals surface area contributed by atoms with E-state index >= 15 is 0 Å². The van der Waals surface area contributed by atoms with Crippen molar-refractivity contribution in [1.29, 1.82) is 0 Å². The van der Waals surface area contributed by atoms with Gasteiger partial charge in [-0.05, 0) is 18.9 Å². The van der Waals surface area contributed by atoms with Gasteiger partial charge in [0.25, 0.3) is 0 Å². The van der Waals surface area contributed by atoms with Gasteiger partial charge < -0.3 is 14.6 Å². The van der Waals surface area contributed by atoms with E-state index in [-0.39, 0.29) is 38.9 Å². The van der Waals surface area contributed by atoms with E-state index in [4.69, 9.17) is 9.47 Å². The minimum atomic E-state index is -0.523. The zero-order chi connectivity index (χ0) is 16.3. The lowest BCUT2D eigenvalue weighted by atomic mass is 9.96. The fourth-order valence-electron chi connectivity index (χ4n) is 2.90. The van der Waals surface area contributed by atoms with E-state index in [0.717, 1.165) is 19.3 Å². The van der Waals surface area contributed by atoms with Crippen molar-refractivity contribution in [3.8, 4) is 0 Å². The number of hydrogen-bond acceptors (Lipinski definition) is 3. The predicted molar refractivity (Wildman–Crippen MR) is 103 cm³/mol. The summed E-state index contributed by atoms with van der Waals surface area (Å²) in [6, 6.07) is 0. The van der Waals surface area contributed by atoms with E-state index in [0.29, 0.717) is 0 Å². The molecule has 126 valence electrons. The molecular weight excluding hydrogens is 548 g/mol. The molecular formula is C15H20Br4O3. The highest BCUT2D eigenvalue weighted by atomic mass is 79.9. The summed E-state index contributed by atoms with van der Waals surface area (Å²) in [7, 11) is 0. The van der Waals surface area contributed by atoms with Gasteiger partial charge in [-0.2, -0.15) is 0 Å². The SMILES string of the molecule is CCC(Br)C1CC(Br)C(O)C(Br)C2OC(C=C=CBr)CC2O1. The van der Waals surface area contributed by atoms with Crippen molar-refractivity contribution in [2.45, 2.75) is 71.2 Å². The number of aliphatic hydroxyl groups excluding tert-OH is 1. The van der Waals surface area contributed by atoms with Gasteiger partial charge in [-0.3, -0.25) is 0 Å². The number of ether oxygens (including phenoxy) is 2. The van der Waals surface area contributed by atoms with Crippen LogP contribution in [0, 0.1) is 0 Å². The van der Waals surface area contributed by atoms with Gasteiger partial charge in [0, 0.05) is 21.1 Å². The van der Waals surface area contributed by atoms with Gasteiger partial charge >= 0.3 is 0 Å². The van der Waals surface area contributed by atoms with Gasteiger partial charge in [-0.15, -0.1) is 5.73 Å². The van der Waals surface area contributed by atoms with E-state index in [1.54, 1.807) is 4.99 Å². The summed E-state index contributed by atoms with van der Waals surface area (Å²) in [6.07, 6.45) is 3.69. The Morgan fingerprint density at radius 1 is 1.32 bits per heavy atom. The molecule has 2 aliphatic rings. The minimum Gasteiger partial charge on any atom is -0.391 e. The Kier molecular flexibility index (Phi) is 8.16. The van der Waals surface area contributed by atoms with Crippen LogP contribution in [0.3, 0.4) is 0 Å². The molecule has 0 aromatic heterocycles. The van der Waals surface area contributed by atoms with Gasteiger partial charge in [-0.25, -0.2) is 0 Å². The lowest BCUT2D eigenvalue weighted by Gasteiger charge is -2.37. The third-order valence-electron chi connectivity index (χ3n) is 4.12. The van der Waals surface area contributed by atoms with Crippen LogP contribution in [-0.2, 0) is 9.47 Å². The molecule has 22 heavy (non-hydrogen) atoms. The Balaban J connectivity index is 2.20. The molecule has 0 aliphatic carbocycles. The van der Waals surface area contributed by atoms with Crippen LogP contribution in [0.2, 0.25) is 0 Å². The fraction of sp³-hybridized carbons (Fsp3) is 0.800. The summed E-state index contributed by atoms with van der Waals surface area (Å²) in [5.74, 6) is 0. The monoisotopic (exact) mass is 564 g/mol. The van der Waals surface area contributed by atoms with Crippen LogP contribution < -0.4 is 0 Å². The largest absolute Gasteiger partial charge is 0.391 e. The summed E-state index contributed by atoms with van der Waals surface area (Å²) in [4.78, 5) is 1.75. The Labute approximate surface area is 165 Å². The van der Waals surface area contributed by atoms with Gasteiger partial charge in [0.1, 0.15) is 0 Å². The first-order chi connectivity index (χ1) is 10.5. The van der Waals surface area contributed by atoms with Crippen LogP contribution in [0.1, 0.15) is 26.2 Å². The Bertz CT molecular complexity index is 427. The zero-order valence-electron chi connectivity index (χ0n) is 12.2. The number of alkyl halides is 3. The molecule has 7 heteroatoms. The smallest absolute Gasteiger partial charge is 0.0996 e. The van der Waals surface area contributed by atoms with Gasteiger partial charge in [-0.1, -0.05) is 70.6 Å². The van der Waals surface area contributed by atoms with Crippen molar-refractivity contribution in [2.24, 2.45) is 0 Å². The van der Waals surface area contributed by atoms with Gasteiger partial charge in [0.05, 0.1) is 35.3 Å².